The second-order valence-electron chi connectivity index (χ2n) is 2.96. The Morgan fingerprint density at radius 2 is 2.31 bits per heavy atom. The van der Waals surface area contributed by atoms with Gasteiger partial charge in [-0.1, -0.05) is 12.6 Å². The van der Waals surface area contributed by atoms with Crippen LogP contribution in [0.2, 0.25) is 0 Å². The van der Waals surface area contributed by atoms with E-state index in [1.807, 2.05) is 6.07 Å². The van der Waals surface area contributed by atoms with Gasteiger partial charge in [-0.15, -0.1) is 0 Å². The number of hydrogen-bond acceptors (Lipinski definition) is 4. The standard InChI is InChI=1S/C11H8N2O3/c1-8(14)11-6-9(4-5-13(15)16)2-3-10(11)7-12/h2-6,14H,1H2/b5-4+. The Morgan fingerprint density at radius 3 is 2.81 bits per heavy atom. The van der Waals surface area contributed by atoms with Crippen molar-refractivity contribution >= 4 is 11.8 Å². The summed E-state index contributed by atoms with van der Waals surface area (Å²) >= 11 is 0. The second-order valence-corrected chi connectivity index (χ2v) is 2.96. The zero-order chi connectivity index (χ0) is 12.1. The summed E-state index contributed by atoms with van der Waals surface area (Å²) in [5.74, 6) is -0.243. The molecule has 1 aromatic rings. The van der Waals surface area contributed by atoms with Crippen molar-refractivity contribution in [3.05, 3.63) is 57.8 Å². The average Bonchev–Trinajstić information content (AvgIpc) is 2.25. The summed E-state index contributed by atoms with van der Waals surface area (Å²) in [7, 11) is 0. The summed E-state index contributed by atoms with van der Waals surface area (Å²) < 4.78 is 0. The minimum atomic E-state index is -0.592. The number of nitrogens with zero attached hydrogens (tertiary/aromatic N) is 2. The molecule has 1 rings (SSSR count). The average molecular weight is 216 g/mol. The van der Waals surface area contributed by atoms with E-state index in [0.29, 0.717) is 5.56 Å². The van der Waals surface area contributed by atoms with Gasteiger partial charge in [-0.3, -0.25) is 10.1 Å². The SMILES string of the molecule is C=C(O)c1cc(/C=C/[N+](=O)[O-])ccc1C#N. The number of hydrogen-bond donors (Lipinski definition) is 1. The highest BCUT2D eigenvalue weighted by atomic mass is 16.6. The van der Waals surface area contributed by atoms with E-state index >= 15 is 0 Å². The van der Waals surface area contributed by atoms with Crippen LogP contribution >= 0.6 is 0 Å². The van der Waals surface area contributed by atoms with Crippen LogP contribution in [0.1, 0.15) is 16.7 Å². The van der Waals surface area contributed by atoms with Gasteiger partial charge in [0.1, 0.15) is 5.76 Å². The molecule has 80 valence electrons. The third-order valence-corrected chi connectivity index (χ3v) is 1.86. The third-order valence-electron chi connectivity index (χ3n) is 1.86. The van der Waals surface area contributed by atoms with E-state index in [0.717, 1.165) is 6.20 Å². The molecule has 0 aliphatic heterocycles. The zero-order valence-corrected chi connectivity index (χ0v) is 8.25. The fourth-order valence-electron chi connectivity index (χ4n) is 1.15. The molecular formula is C11H8N2O3. The van der Waals surface area contributed by atoms with Crippen LogP contribution in [0.3, 0.4) is 0 Å². The summed E-state index contributed by atoms with van der Waals surface area (Å²) in [6.45, 7) is 3.32. The summed E-state index contributed by atoms with van der Waals surface area (Å²) in [6, 6.07) is 6.36. The molecule has 0 heterocycles. The van der Waals surface area contributed by atoms with E-state index in [-0.39, 0.29) is 16.9 Å². The lowest BCUT2D eigenvalue weighted by atomic mass is 10.0. The second kappa shape index (κ2) is 4.75. The monoisotopic (exact) mass is 216 g/mol. The highest BCUT2D eigenvalue weighted by Crippen LogP contribution is 2.18. The normalized spacial score (nSPS) is 9.94. The maximum atomic E-state index is 10.1. The van der Waals surface area contributed by atoms with Crippen molar-refractivity contribution in [1.82, 2.24) is 0 Å². The molecule has 5 nitrogen and oxygen atoms in total. The van der Waals surface area contributed by atoms with Gasteiger partial charge in [0.2, 0.25) is 6.20 Å². The van der Waals surface area contributed by atoms with Crippen molar-refractivity contribution < 1.29 is 10.0 Å². The summed E-state index contributed by atoms with van der Waals surface area (Å²) in [4.78, 5) is 9.52. The Bertz CT molecular complexity index is 512. The van der Waals surface area contributed by atoms with Gasteiger partial charge in [0.15, 0.2) is 0 Å². The maximum Gasteiger partial charge on any atom is 0.235 e. The molecule has 0 radical (unpaired) electrons. The largest absolute Gasteiger partial charge is 0.508 e. The van der Waals surface area contributed by atoms with Crippen LogP contribution in [0, 0.1) is 21.4 Å². The Labute approximate surface area is 91.7 Å². The molecule has 0 saturated carbocycles. The highest BCUT2D eigenvalue weighted by molar-refractivity contribution is 5.67. The maximum absolute atomic E-state index is 10.1. The molecule has 0 bridgehead atoms. The molecule has 0 aliphatic carbocycles. The van der Waals surface area contributed by atoms with Gasteiger partial charge in [0, 0.05) is 11.6 Å². The van der Waals surface area contributed by atoms with Gasteiger partial charge in [0.25, 0.3) is 0 Å². The lowest BCUT2D eigenvalue weighted by molar-refractivity contribution is -0.400. The molecule has 0 spiro atoms. The number of benzene rings is 1. The van der Waals surface area contributed by atoms with E-state index in [9.17, 15) is 15.2 Å². The lowest BCUT2D eigenvalue weighted by Gasteiger charge is -2.02. The first-order valence-corrected chi connectivity index (χ1v) is 4.28. The predicted molar refractivity (Wildman–Crippen MR) is 58.8 cm³/mol. The molecule has 1 N–H and O–H groups in total. The Hall–Kier alpha value is -2.61. The van der Waals surface area contributed by atoms with Crippen molar-refractivity contribution in [2.24, 2.45) is 0 Å². The number of nitro groups is 1. The van der Waals surface area contributed by atoms with Crippen LogP contribution in [0.5, 0.6) is 0 Å². The van der Waals surface area contributed by atoms with E-state index in [2.05, 4.69) is 6.58 Å². The smallest absolute Gasteiger partial charge is 0.235 e. The molecule has 0 atom stereocenters. The molecule has 0 aliphatic rings. The first-order chi connectivity index (χ1) is 7.54. The predicted octanol–water partition coefficient (Wildman–Crippen LogP) is 2.33. The first-order valence-electron chi connectivity index (χ1n) is 4.28. The third kappa shape index (κ3) is 2.69. The van der Waals surface area contributed by atoms with Crippen LogP contribution in [0.25, 0.3) is 11.8 Å². The number of nitriles is 1. The highest BCUT2D eigenvalue weighted by Gasteiger charge is 2.05. The van der Waals surface area contributed by atoms with Gasteiger partial charge in [0.05, 0.1) is 16.6 Å². The number of aliphatic hydroxyl groups excluding tert-OH is 1. The van der Waals surface area contributed by atoms with Crippen LogP contribution < -0.4 is 0 Å². The fourth-order valence-corrected chi connectivity index (χ4v) is 1.15. The van der Waals surface area contributed by atoms with Gasteiger partial charge in [-0.05, 0) is 17.7 Å². The van der Waals surface area contributed by atoms with Gasteiger partial charge in [-0.2, -0.15) is 5.26 Å². The zero-order valence-electron chi connectivity index (χ0n) is 8.25. The van der Waals surface area contributed by atoms with E-state index in [1.165, 1.54) is 18.2 Å². The van der Waals surface area contributed by atoms with Crippen LogP contribution in [0.15, 0.2) is 31.0 Å². The summed E-state index contributed by atoms with van der Waals surface area (Å²) in [5.41, 5.74) is 1.06. The van der Waals surface area contributed by atoms with E-state index in [4.69, 9.17) is 5.26 Å². The molecule has 16 heavy (non-hydrogen) atoms. The molecule has 0 unspecified atom stereocenters. The van der Waals surface area contributed by atoms with Crippen molar-refractivity contribution in [3.63, 3.8) is 0 Å². The molecule has 0 aromatic heterocycles. The van der Waals surface area contributed by atoms with Crippen LogP contribution in [-0.2, 0) is 0 Å². The molecule has 0 fully saturated rings. The molecule has 0 amide bonds. The molecule has 5 heteroatoms. The lowest BCUT2D eigenvalue weighted by Crippen LogP contribution is -1.89. The van der Waals surface area contributed by atoms with E-state index in [1.54, 1.807) is 6.07 Å². The number of aliphatic hydroxyl groups is 1. The Balaban J connectivity index is 3.18. The summed E-state index contributed by atoms with van der Waals surface area (Å²) in [6.07, 6.45) is 2.05. The Kier molecular flexibility index (Phi) is 3.41. The quantitative estimate of drug-likeness (QED) is 0.477. The summed E-state index contributed by atoms with van der Waals surface area (Å²) in [5, 5.41) is 28.1. The fraction of sp³-hybridized carbons (Fsp3) is 0. The molecule has 1 aromatic carbocycles. The topological polar surface area (TPSA) is 87.2 Å². The van der Waals surface area contributed by atoms with Crippen LogP contribution in [0.4, 0.5) is 0 Å². The van der Waals surface area contributed by atoms with Crippen molar-refractivity contribution in [2.45, 2.75) is 0 Å². The van der Waals surface area contributed by atoms with Crippen LogP contribution in [-0.4, -0.2) is 10.0 Å². The minimum absolute atomic E-state index is 0.243. The van der Waals surface area contributed by atoms with Gasteiger partial charge >= 0.3 is 0 Å². The first kappa shape index (κ1) is 11.5. The van der Waals surface area contributed by atoms with E-state index < -0.39 is 4.92 Å². The number of rotatable bonds is 3. The van der Waals surface area contributed by atoms with Gasteiger partial charge < -0.3 is 5.11 Å². The van der Waals surface area contributed by atoms with Crippen molar-refractivity contribution in [3.8, 4) is 6.07 Å². The Morgan fingerprint density at radius 1 is 1.62 bits per heavy atom. The van der Waals surface area contributed by atoms with Crippen molar-refractivity contribution in [2.75, 3.05) is 0 Å². The van der Waals surface area contributed by atoms with Crippen molar-refractivity contribution in [1.29, 1.82) is 5.26 Å². The van der Waals surface area contributed by atoms with Gasteiger partial charge in [-0.25, -0.2) is 0 Å². The molecular weight excluding hydrogens is 208 g/mol. The minimum Gasteiger partial charge on any atom is -0.508 e. The molecule has 0 saturated heterocycles.